The van der Waals surface area contributed by atoms with Gasteiger partial charge in [-0.05, 0) is 49.7 Å². The van der Waals surface area contributed by atoms with E-state index in [9.17, 15) is 4.79 Å². The lowest BCUT2D eigenvalue weighted by Gasteiger charge is -2.10. The molecule has 0 spiro atoms. The summed E-state index contributed by atoms with van der Waals surface area (Å²) in [6.07, 6.45) is 0.988. The monoisotopic (exact) mass is 325 g/mol. The maximum absolute atomic E-state index is 11.4. The fraction of sp³-hybridized carbons (Fsp3) is 0.300. The molecular formula is C20H23NO3. The van der Waals surface area contributed by atoms with Crippen molar-refractivity contribution in [3.8, 4) is 0 Å². The highest BCUT2D eigenvalue weighted by atomic mass is 16.5. The molecule has 0 heterocycles. The fourth-order valence-corrected chi connectivity index (χ4v) is 2.09. The van der Waals surface area contributed by atoms with Crippen LogP contribution in [0.4, 0.5) is 5.69 Å². The number of hydrogen-bond acceptors (Lipinski definition) is 4. The average molecular weight is 325 g/mol. The molecule has 0 unspecified atom stereocenters. The third kappa shape index (κ3) is 5.63. The van der Waals surface area contributed by atoms with Crippen LogP contribution in [0.2, 0.25) is 0 Å². The van der Waals surface area contributed by atoms with E-state index in [1.54, 1.807) is 19.1 Å². The van der Waals surface area contributed by atoms with Crippen molar-refractivity contribution < 1.29 is 14.3 Å². The van der Waals surface area contributed by atoms with Crippen molar-refractivity contribution in [3.63, 3.8) is 0 Å². The highest BCUT2D eigenvalue weighted by Gasteiger charge is 2.06. The SMILES string of the molecule is CCCOCCOC(=Nc1ccc(C(C)=O)cc1)c1ccccc1. The zero-order valence-corrected chi connectivity index (χ0v) is 14.2. The van der Waals surface area contributed by atoms with Crippen molar-refractivity contribution in [1.29, 1.82) is 0 Å². The van der Waals surface area contributed by atoms with E-state index in [0.29, 0.717) is 24.7 Å². The molecule has 24 heavy (non-hydrogen) atoms. The van der Waals surface area contributed by atoms with Gasteiger partial charge in [0.2, 0.25) is 5.90 Å². The average Bonchev–Trinajstić information content (AvgIpc) is 2.61. The largest absolute Gasteiger partial charge is 0.475 e. The molecule has 2 aromatic rings. The van der Waals surface area contributed by atoms with Crippen LogP contribution in [0.5, 0.6) is 0 Å². The van der Waals surface area contributed by atoms with Gasteiger partial charge in [0.15, 0.2) is 5.78 Å². The summed E-state index contributed by atoms with van der Waals surface area (Å²) in [4.78, 5) is 15.9. The quantitative estimate of drug-likeness (QED) is 0.312. The molecule has 0 aliphatic rings. The fourth-order valence-electron chi connectivity index (χ4n) is 2.09. The van der Waals surface area contributed by atoms with Gasteiger partial charge in [0, 0.05) is 17.7 Å². The Morgan fingerprint density at radius 1 is 0.917 bits per heavy atom. The number of ketones is 1. The highest BCUT2D eigenvalue weighted by molar-refractivity contribution is 5.96. The van der Waals surface area contributed by atoms with Crippen LogP contribution in [0.1, 0.15) is 36.2 Å². The molecule has 0 atom stereocenters. The Balaban J connectivity index is 2.13. The lowest BCUT2D eigenvalue weighted by atomic mass is 10.1. The van der Waals surface area contributed by atoms with E-state index < -0.39 is 0 Å². The van der Waals surface area contributed by atoms with Crippen molar-refractivity contribution in [1.82, 2.24) is 0 Å². The maximum atomic E-state index is 11.4. The Bertz CT molecular complexity index is 663. The van der Waals surface area contributed by atoms with Gasteiger partial charge < -0.3 is 9.47 Å². The summed E-state index contributed by atoms with van der Waals surface area (Å²) < 4.78 is 11.3. The van der Waals surface area contributed by atoms with Crippen molar-refractivity contribution in [2.45, 2.75) is 20.3 Å². The topological polar surface area (TPSA) is 47.9 Å². The molecule has 0 bridgehead atoms. The lowest BCUT2D eigenvalue weighted by Crippen LogP contribution is -2.12. The Morgan fingerprint density at radius 3 is 2.25 bits per heavy atom. The van der Waals surface area contributed by atoms with Crippen LogP contribution in [-0.2, 0) is 9.47 Å². The molecule has 0 aromatic heterocycles. The van der Waals surface area contributed by atoms with Crippen LogP contribution >= 0.6 is 0 Å². The number of Topliss-reactive ketones (excluding diaryl/α,β-unsaturated/α-hetero) is 1. The summed E-state index contributed by atoms with van der Waals surface area (Å²) in [6, 6.07) is 16.9. The number of rotatable bonds is 8. The molecule has 126 valence electrons. The highest BCUT2D eigenvalue weighted by Crippen LogP contribution is 2.16. The van der Waals surface area contributed by atoms with E-state index in [2.05, 4.69) is 11.9 Å². The van der Waals surface area contributed by atoms with Gasteiger partial charge in [-0.3, -0.25) is 4.79 Å². The van der Waals surface area contributed by atoms with Gasteiger partial charge in [-0.15, -0.1) is 0 Å². The smallest absolute Gasteiger partial charge is 0.221 e. The summed E-state index contributed by atoms with van der Waals surface area (Å²) in [7, 11) is 0. The second kappa shape index (κ2) is 9.63. The van der Waals surface area contributed by atoms with E-state index in [1.807, 2.05) is 42.5 Å². The van der Waals surface area contributed by atoms with Crippen LogP contribution in [-0.4, -0.2) is 31.5 Å². The number of carbonyl (C=O) groups excluding carboxylic acids is 1. The first kappa shape index (κ1) is 17.9. The van der Waals surface area contributed by atoms with Gasteiger partial charge in [0.1, 0.15) is 6.61 Å². The van der Waals surface area contributed by atoms with Crippen molar-refractivity contribution in [3.05, 3.63) is 65.7 Å². The summed E-state index contributed by atoms with van der Waals surface area (Å²) in [6.45, 7) is 5.32. The summed E-state index contributed by atoms with van der Waals surface area (Å²) in [5, 5.41) is 0. The molecule has 0 fully saturated rings. The molecule has 0 aliphatic heterocycles. The van der Waals surface area contributed by atoms with Gasteiger partial charge >= 0.3 is 0 Å². The zero-order valence-electron chi connectivity index (χ0n) is 14.2. The number of hydrogen-bond donors (Lipinski definition) is 0. The van der Waals surface area contributed by atoms with Gasteiger partial charge in [0.05, 0.1) is 12.3 Å². The molecule has 0 saturated heterocycles. The third-order valence-corrected chi connectivity index (χ3v) is 3.34. The van der Waals surface area contributed by atoms with Crippen LogP contribution in [0.15, 0.2) is 59.6 Å². The standard InChI is InChI=1S/C20H23NO3/c1-3-13-23-14-15-24-20(18-7-5-4-6-8-18)21-19-11-9-17(10-12-19)16(2)22/h4-12H,3,13-15H2,1-2H3. The minimum absolute atomic E-state index is 0.0399. The molecule has 0 radical (unpaired) electrons. The summed E-state index contributed by atoms with van der Waals surface area (Å²) in [5.41, 5.74) is 2.32. The number of ether oxygens (including phenoxy) is 2. The molecule has 0 saturated carbocycles. The normalized spacial score (nSPS) is 11.3. The molecule has 2 rings (SSSR count). The number of aliphatic imine (C=N–C) groups is 1. The van der Waals surface area contributed by atoms with Gasteiger partial charge in [-0.1, -0.05) is 25.1 Å². The third-order valence-electron chi connectivity index (χ3n) is 3.34. The molecule has 2 aromatic carbocycles. The Hall–Kier alpha value is -2.46. The molecule has 0 aliphatic carbocycles. The predicted octanol–water partition coefficient (Wildman–Crippen LogP) is 4.41. The lowest BCUT2D eigenvalue weighted by molar-refractivity contribution is 0.0972. The first-order chi connectivity index (χ1) is 11.7. The van der Waals surface area contributed by atoms with E-state index in [4.69, 9.17) is 9.47 Å². The van der Waals surface area contributed by atoms with Crippen molar-refractivity contribution in [2.75, 3.05) is 19.8 Å². The molecule has 4 heteroatoms. The van der Waals surface area contributed by atoms with Crippen molar-refractivity contribution >= 4 is 17.4 Å². The minimum Gasteiger partial charge on any atom is -0.475 e. The zero-order chi connectivity index (χ0) is 17.2. The van der Waals surface area contributed by atoms with Gasteiger partial charge in [0.25, 0.3) is 0 Å². The molecule has 4 nitrogen and oxygen atoms in total. The minimum atomic E-state index is 0.0399. The Labute approximate surface area is 143 Å². The number of carbonyl (C=O) groups is 1. The summed E-state index contributed by atoms with van der Waals surface area (Å²) >= 11 is 0. The van der Waals surface area contributed by atoms with Gasteiger partial charge in [-0.25, -0.2) is 4.99 Å². The number of nitrogens with zero attached hydrogens (tertiary/aromatic N) is 1. The van der Waals surface area contributed by atoms with E-state index >= 15 is 0 Å². The van der Waals surface area contributed by atoms with Crippen LogP contribution in [0.3, 0.4) is 0 Å². The van der Waals surface area contributed by atoms with E-state index in [1.165, 1.54) is 0 Å². The van der Waals surface area contributed by atoms with E-state index in [0.717, 1.165) is 24.3 Å². The van der Waals surface area contributed by atoms with E-state index in [-0.39, 0.29) is 5.78 Å². The second-order valence-corrected chi connectivity index (χ2v) is 5.35. The molecular weight excluding hydrogens is 302 g/mol. The maximum Gasteiger partial charge on any atom is 0.221 e. The Kier molecular flexibility index (Phi) is 7.18. The number of benzene rings is 2. The van der Waals surface area contributed by atoms with Crippen LogP contribution < -0.4 is 0 Å². The molecule has 0 N–H and O–H groups in total. The first-order valence-electron chi connectivity index (χ1n) is 8.16. The first-order valence-corrected chi connectivity index (χ1v) is 8.16. The predicted molar refractivity (Wildman–Crippen MR) is 96.1 cm³/mol. The molecule has 0 amide bonds. The summed E-state index contributed by atoms with van der Waals surface area (Å²) in [5.74, 6) is 0.587. The Morgan fingerprint density at radius 2 is 1.62 bits per heavy atom. The van der Waals surface area contributed by atoms with Crippen LogP contribution in [0.25, 0.3) is 0 Å². The second-order valence-electron chi connectivity index (χ2n) is 5.35. The van der Waals surface area contributed by atoms with Crippen molar-refractivity contribution in [2.24, 2.45) is 4.99 Å². The van der Waals surface area contributed by atoms with Crippen LogP contribution in [0, 0.1) is 0 Å². The van der Waals surface area contributed by atoms with Gasteiger partial charge in [-0.2, -0.15) is 0 Å².